The molecule has 0 spiro atoms. The molecule has 0 fully saturated rings. The van der Waals surface area contributed by atoms with E-state index in [0.29, 0.717) is 0 Å². The molecular formula is C15H35AlBaO5. The fourth-order valence-electron chi connectivity index (χ4n) is 0.763. The molecule has 0 rings (SSSR count). The molecule has 7 heteroatoms. The van der Waals surface area contributed by atoms with E-state index in [4.69, 9.17) is 11.4 Å². The van der Waals surface area contributed by atoms with Crippen molar-refractivity contribution in [3.05, 3.63) is 0 Å². The van der Waals surface area contributed by atoms with Crippen molar-refractivity contribution in [1.82, 2.24) is 0 Å². The smallest absolute Gasteiger partial charge is 0.852 e. The summed E-state index contributed by atoms with van der Waals surface area (Å²) in [5.41, 5.74) is 0. The topological polar surface area (TPSA) is 73.8 Å². The van der Waals surface area contributed by atoms with Crippen LogP contribution in [0.25, 0.3) is 0 Å². The van der Waals surface area contributed by atoms with Crippen LogP contribution in [-0.2, 0) is 11.4 Å². The van der Waals surface area contributed by atoms with E-state index in [2.05, 4.69) is 0 Å². The Bertz CT molecular complexity index is 167. The van der Waals surface area contributed by atoms with Crippen LogP contribution < -0.4 is 10.2 Å². The van der Waals surface area contributed by atoms with Gasteiger partial charge in [0.15, 0.2) is 0 Å². The normalized spacial score (nSPS) is 10.2. The SMILES string of the molecule is CC(C)[O-].CC(C)[O-].CC(C)[O][Al]([O]C(C)C)[O]C(C)C.[Ba+2]. The molecule has 22 heavy (non-hydrogen) atoms. The summed E-state index contributed by atoms with van der Waals surface area (Å²) < 4.78 is 16.7. The molecule has 0 aromatic carbocycles. The molecule has 0 amide bonds. The van der Waals surface area contributed by atoms with E-state index in [1.54, 1.807) is 27.7 Å². The van der Waals surface area contributed by atoms with Crippen LogP contribution in [0.15, 0.2) is 0 Å². The van der Waals surface area contributed by atoms with Gasteiger partial charge in [0.25, 0.3) is 0 Å². The summed E-state index contributed by atoms with van der Waals surface area (Å²) in [6, 6.07) is 0. The van der Waals surface area contributed by atoms with Crippen LogP contribution >= 0.6 is 0 Å². The summed E-state index contributed by atoms with van der Waals surface area (Å²) >= 11 is -1.91. The second-order valence-corrected chi connectivity index (χ2v) is 7.33. The predicted octanol–water partition coefficient (Wildman–Crippen LogP) is 1.38. The summed E-state index contributed by atoms with van der Waals surface area (Å²) in [6.07, 6.45) is -0.308. The Hall–Kier alpha value is 1.90. The molecule has 0 heterocycles. The zero-order chi connectivity index (χ0) is 17.6. The van der Waals surface area contributed by atoms with Crippen molar-refractivity contribution in [3.8, 4) is 0 Å². The van der Waals surface area contributed by atoms with E-state index in [0.717, 1.165) is 0 Å². The quantitative estimate of drug-likeness (QED) is 0.561. The Labute approximate surface area is 183 Å². The van der Waals surface area contributed by atoms with Crippen molar-refractivity contribution < 1.29 is 21.6 Å². The molecular weight excluding hydrogens is 424 g/mol. The van der Waals surface area contributed by atoms with Crippen LogP contribution in [0.5, 0.6) is 0 Å². The first-order valence-electron chi connectivity index (χ1n) is 7.66. The van der Waals surface area contributed by atoms with Crippen LogP contribution in [0.1, 0.15) is 69.2 Å². The third kappa shape index (κ3) is 49.5. The Kier molecular flexibility index (Phi) is 30.1. The average molecular weight is 460 g/mol. The van der Waals surface area contributed by atoms with Crippen LogP contribution in [0.3, 0.4) is 0 Å². The first-order valence-corrected chi connectivity index (χ1v) is 9.07. The van der Waals surface area contributed by atoms with Gasteiger partial charge in [-0.25, -0.2) is 0 Å². The second-order valence-electron chi connectivity index (χ2n) is 5.94. The molecule has 130 valence electrons. The van der Waals surface area contributed by atoms with Gasteiger partial charge in [-0.2, -0.15) is 0 Å². The Balaban J connectivity index is -0.000000150. The van der Waals surface area contributed by atoms with E-state index < -0.39 is 27.4 Å². The van der Waals surface area contributed by atoms with Gasteiger partial charge in [-0.3, -0.25) is 0 Å². The van der Waals surface area contributed by atoms with Crippen LogP contribution in [0.2, 0.25) is 0 Å². The molecule has 0 aromatic heterocycles. The molecule has 0 aliphatic rings. The maximum Gasteiger partial charge on any atom is 2.00 e. The molecule has 0 atom stereocenters. The van der Waals surface area contributed by atoms with E-state index in [-0.39, 0.29) is 67.2 Å². The Morgan fingerprint density at radius 2 is 0.682 bits per heavy atom. The average Bonchev–Trinajstić information content (AvgIpc) is 2.10. The molecule has 0 aliphatic heterocycles. The second kappa shape index (κ2) is 20.9. The Morgan fingerprint density at radius 1 is 0.545 bits per heavy atom. The molecule has 0 radical (unpaired) electrons. The zero-order valence-electron chi connectivity index (χ0n) is 16.2. The molecule has 0 saturated carbocycles. The van der Waals surface area contributed by atoms with Gasteiger partial charge in [-0.15, -0.1) is 12.2 Å². The maximum absolute atomic E-state index is 9.53. The van der Waals surface area contributed by atoms with Gasteiger partial charge in [-0.1, -0.05) is 27.7 Å². The van der Waals surface area contributed by atoms with Gasteiger partial charge in [0.1, 0.15) is 0 Å². The molecule has 0 aliphatic carbocycles. The number of hydrogen-bond donors (Lipinski definition) is 0. The third-order valence-corrected chi connectivity index (χ3v) is 3.45. The van der Waals surface area contributed by atoms with E-state index in [9.17, 15) is 10.2 Å². The van der Waals surface area contributed by atoms with Crippen molar-refractivity contribution in [1.29, 1.82) is 0 Å². The Morgan fingerprint density at radius 3 is 0.773 bits per heavy atom. The summed E-state index contributed by atoms with van der Waals surface area (Å²) in [5, 5.41) is 19.1. The van der Waals surface area contributed by atoms with Crippen molar-refractivity contribution in [2.24, 2.45) is 0 Å². The first kappa shape index (κ1) is 31.7. The van der Waals surface area contributed by atoms with E-state index in [1.807, 2.05) is 41.5 Å². The molecule has 0 unspecified atom stereocenters. The van der Waals surface area contributed by atoms with Gasteiger partial charge < -0.3 is 21.6 Å². The fraction of sp³-hybridized carbons (Fsp3) is 1.00. The molecule has 0 aromatic rings. The molecule has 0 N–H and O–H groups in total. The van der Waals surface area contributed by atoms with Crippen molar-refractivity contribution in [2.75, 3.05) is 0 Å². The standard InChI is InChI=1S/5C3H7O.Al.Ba/c5*1-3(2)4;;/h5*3H,1-2H3;;/q5*-1;+3;+2. The first-order chi connectivity index (χ1) is 9.38. The minimum Gasteiger partial charge on any atom is -0.852 e. The zero-order valence-corrected chi connectivity index (χ0v) is 21.8. The molecule has 0 saturated heterocycles. The van der Waals surface area contributed by atoms with Gasteiger partial charge in [0.2, 0.25) is 0 Å². The van der Waals surface area contributed by atoms with Gasteiger partial charge >= 0.3 is 64.0 Å². The maximum atomic E-state index is 9.53. The molecule has 5 nitrogen and oxygen atoms in total. The van der Waals surface area contributed by atoms with Crippen molar-refractivity contribution >= 4 is 64.0 Å². The van der Waals surface area contributed by atoms with Crippen LogP contribution in [0.4, 0.5) is 0 Å². The summed E-state index contributed by atoms with van der Waals surface area (Å²) in [6.45, 7) is 18.4. The summed E-state index contributed by atoms with van der Waals surface area (Å²) in [5.74, 6) is 0. The van der Waals surface area contributed by atoms with E-state index >= 15 is 0 Å². The third-order valence-electron chi connectivity index (χ3n) is 1.15. The van der Waals surface area contributed by atoms with Crippen LogP contribution in [-0.4, -0.2) is 94.6 Å². The fourth-order valence-corrected chi connectivity index (χ4v) is 2.29. The van der Waals surface area contributed by atoms with Crippen molar-refractivity contribution in [3.63, 3.8) is 0 Å². The van der Waals surface area contributed by atoms with Gasteiger partial charge in [0, 0.05) is 18.3 Å². The van der Waals surface area contributed by atoms with Gasteiger partial charge in [0.05, 0.1) is 0 Å². The summed E-state index contributed by atoms with van der Waals surface area (Å²) in [7, 11) is 0. The van der Waals surface area contributed by atoms with Gasteiger partial charge in [-0.05, 0) is 41.5 Å². The minimum atomic E-state index is -1.91. The van der Waals surface area contributed by atoms with E-state index in [1.165, 1.54) is 0 Å². The monoisotopic (exact) mass is 460 g/mol. The predicted molar refractivity (Wildman–Crippen MR) is 90.4 cm³/mol. The summed E-state index contributed by atoms with van der Waals surface area (Å²) in [4.78, 5) is 0. The number of rotatable bonds is 6. The van der Waals surface area contributed by atoms with Crippen molar-refractivity contribution in [2.45, 2.75) is 99.8 Å². The van der Waals surface area contributed by atoms with Crippen LogP contribution in [0, 0.1) is 0 Å². The number of hydrogen-bond acceptors (Lipinski definition) is 5. The molecule has 0 bridgehead atoms. The largest absolute Gasteiger partial charge is 2.00 e. The minimum absolute atomic E-state index is 0.